The van der Waals surface area contributed by atoms with Crippen molar-refractivity contribution in [1.82, 2.24) is 10.2 Å². The van der Waals surface area contributed by atoms with Crippen molar-refractivity contribution >= 4 is 45.3 Å². The zero-order chi connectivity index (χ0) is 10.8. The van der Waals surface area contributed by atoms with Crippen LogP contribution >= 0.6 is 34.3 Å². The van der Waals surface area contributed by atoms with E-state index in [0.717, 1.165) is 5.01 Å². The molecule has 2 aromatic rings. The summed E-state index contributed by atoms with van der Waals surface area (Å²) in [6.07, 6.45) is 0. The van der Waals surface area contributed by atoms with Crippen LogP contribution in [-0.4, -0.2) is 16.1 Å². The predicted molar refractivity (Wildman–Crippen MR) is 61.9 cm³/mol. The van der Waals surface area contributed by atoms with Gasteiger partial charge >= 0.3 is 0 Å². The maximum Gasteiger partial charge on any atom is 0.267 e. The quantitative estimate of drug-likeness (QED) is 0.902. The molecule has 0 saturated carbocycles. The third-order valence-corrected chi connectivity index (χ3v) is 3.53. The number of anilines is 1. The van der Waals surface area contributed by atoms with Crippen LogP contribution in [0.1, 0.15) is 14.7 Å². The van der Waals surface area contributed by atoms with Gasteiger partial charge in [0.25, 0.3) is 5.91 Å². The minimum atomic E-state index is -0.206. The Balaban J connectivity index is 2.10. The zero-order valence-electron chi connectivity index (χ0n) is 7.65. The van der Waals surface area contributed by atoms with Crippen molar-refractivity contribution in [3.63, 3.8) is 0 Å². The van der Waals surface area contributed by atoms with Gasteiger partial charge in [0.05, 0.1) is 9.21 Å². The van der Waals surface area contributed by atoms with Crippen LogP contribution in [0.5, 0.6) is 0 Å². The second-order valence-corrected chi connectivity index (χ2v) is 5.58. The van der Waals surface area contributed by atoms with Crippen LogP contribution in [0.4, 0.5) is 5.13 Å². The molecule has 0 spiro atoms. The molecule has 2 aromatic heterocycles. The molecule has 1 amide bonds. The number of nitrogens with zero attached hydrogens (tertiary/aromatic N) is 2. The lowest BCUT2D eigenvalue weighted by Crippen LogP contribution is -2.09. The van der Waals surface area contributed by atoms with Crippen LogP contribution in [0.3, 0.4) is 0 Å². The van der Waals surface area contributed by atoms with Crippen molar-refractivity contribution < 1.29 is 4.79 Å². The van der Waals surface area contributed by atoms with E-state index in [9.17, 15) is 4.79 Å². The van der Waals surface area contributed by atoms with Gasteiger partial charge in [0, 0.05) is 0 Å². The molecule has 4 nitrogen and oxygen atoms in total. The van der Waals surface area contributed by atoms with E-state index < -0.39 is 0 Å². The Morgan fingerprint density at radius 2 is 2.20 bits per heavy atom. The molecule has 0 saturated heterocycles. The molecule has 2 rings (SSSR count). The summed E-state index contributed by atoms with van der Waals surface area (Å²) in [5, 5.41) is 11.6. The second kappa shape index (κ2) is 4.26. The summed E-state index contributed by atoms with van der Waals surface area (Å²) in [4.78, 5) is 12.2. The van der Waals surface area contributed by atoms with E-state index in [4.69, 9.17) is 11.6 Å². The number of carbonyl (C=O) groups is 1. The van der Waals surface area contributed by atoms with Crippen molar-refractivity contribution in [3.05, 3.63) is 26.4 Å². The van der Waals surface area contributed by atoms with Crippen molar-refractivity contribution in [2.24, 2.45) is 0 Å². The molecule has 0 radical (unpaired) electrons. The summed E-state index contributed by atoms with van der Waals surface area (Å²) >= 11 is 8.29. The first-order valence-electron chi connectivity index (χ1n) is 4.02. The number of halogens is 1. The van der Waals surface area contributed by atoms with Crippen LogP contribution < -0.4 is 5.32 Å². The molecule has 0 atom stereocenters. The number of aryl methyl sites for hydroxylation is 1. The molecule has 2 heterocycles. The molecule has 0 aromatic carbocycles. The highest BCUT2D eigenvalue weighted by Gasteiger charge is 2.10. The average Bonchev–Trinajstić information content (AvgIpc) is 2.75. The number of hydrogen-bond acceptors (Lipinski definition) is 5. The summed E-state index contributed by atoms with van der Waals surface area (Å²) in [6, 6.07) is 3.36. The fourth-order valence-corrected chi connectivity index (χ4v) is 2.47. The van der Waals surface area contributed by atoms with E-state index in [1.165, 1.54) is 22.7 Å². The van der Waals surface area contributed by atoms with Gasteiger partial charge in [0.1, 0.15) is 5.01 Å². The van der Waals surface area contributed by atoms with Crippen molar-refractivity contribution in [2.45, 2.75) is 6.92 Å². The van der Waals surface area contributed by atoms with E-state index in [1.54, 1.807) is 12.1 Å². The van der Waals surface area contributed by atoms with Gasteiger partial charge < -0.3 is 0 Å². The van der Waals surface area contributed by atoms with Gasteiger partial charge in [-0.3, -0.25) is 10.1 Å². The normalized spacial score (nSPS) is 10.3. The predicted octanol–water partition coefficient (Wildman–Crippen LogP) is 2.81. The van der Waals surface area contributed by atoms with Crippen LogP contribution in [0, 0.1) is 6.92 Å². The Bertz CT molecular complexity index is 494. The summed E-state index contributed by atoms with van der Waals surface area (Å²) in [5.74, 6) is -0.206. The topological polar surface area (TPSA) is 54.9 Å². The van der Waals surface area contributed by atoms with Crippen molar-refractivity contribution in [2.75, 3.05) is 5.32 Å². The average molecular weight is 260 g/mol. The van der Waals surface area contributed by atoms with Crippen LogP contribution in [0.2, 0.25) is 4.34 Å². The van der Waals surface area contributed by atoms with E-state index in [0.29, 0.717) is 14.3 Å². The van der Waals surface area contributed by atoms with E-state index in [2.05, 4.69) is 15.5 Å². The third kappa shape index (κ3) is 2.53. The monoisotopic (exact) mass is 259 g/mol. The number of rotatable bonds is 2. The molecule has 1 N–H and O–H groups in total. The third-order valence-electron chi connectivity index (χ3n) is 1.54. The molecule has 0 aliphatic heterocycles. The van der Waals surface area contributed by atoms with E-state index in [1.807, 2.05) is 6.92 Å². The largest absolute Gasteiger partial charge is 0.296 e. The Hall–Kier alpha value is -0.980. The first kappa shape index (κ1) is 10.5. The van der Waals surface area contributed by atoms with Gasteiger partial charge in [-0.25, -0.2) is 0 Å². The van der Waals surface area contributed by atoms with Gasteiger partial charge in [-0.1, -0.05) is 22.9 Å². The Morgan fingerprint density at radius 3 is 2.73 bits per heavy atom. The van der Waals surface area contributed by atoms with Gasteiger partial charge in [0.15, 0.2) is 0 Å². The lowest BCUT2D eigenvalue weighted by Gasteiger charge is -1.95. The minimum Gasteiger partial charge on any atom is -0.296 e. The van der Waals surface area contributed by atoms with Gasteiger partial charge in [-0.2, -0.15) is 0 Å². The molecule has 15 heavy (non-hydrogen) atoms. The zero-order valence-corrected chi connectivity index (χ0v) is 10.0. The maximum atomic E-state index is 11.6. The standard InChI is InChI=1S/C8H6ClN3OS2/c1-4-11-12-8(14-4)10-7(13)5-2-3-6(9)15-5/h2-3H,1H3,(H,10,12,13). The SMILES string of the molecule is Cc1nnc(NC(=O)c2ccc(Cl)s2)s1. The fraction of sp³-hybridized carbons (Fsp3) is 0.125. The Labute approximate surface area is 98.9 Å². The van der Waals surface area contributed by atoms with Crippen molar-refractivity contribution in [1.29, 1.82) is 0 Å². The number of hydrogen-bond donors (Lipinski definition) is 1. The molecule has 0 aliphatic rings. The maximum absolute atomic E-state index is 11.6. The van der Waals surface area contributed by atoms with Gasteiger partial charge in [-0.15, -0.1) is 21.5 Å². The highest BCUT2D eigenvalue weighted by Crippen LogP contribution is 2.23. The summed E-state index contributed by atoms with van der Waals surface area (Å²) < 4.78 is 0.591. The molecule has 0 bridgehead atoms. The molecular formula is C8H6ClN3OS2. The molecular weight excluding hydrogens is 254 g/mol. The van der Waals surface area contributed by atoms with E-state index in [-0.39, 0.29) is 5.91 Å². The molecule has 78 valence electrons. The molecule has 7 heteroatoms. The Morgan fingerprint density at radius 1 is 1.40 bits per heavy atom. The lowest BCUT2D eigenvalue weighted by molar-refractivity contribution is 0.103. The summed E-state index contributed by atoms with van der Waals surface area (Å²) in [7, 11) is 0. The van der Waals surface area contributed by atoms with Crippen molar-refractivity contribution in [3.8, 4) is 0 Å². The highest BCUT2D eigenvalue weighted by molar-refractivity contribution is 7.18. The van der Waals surface area contributed by atoms with Crippen LogP contribution in [0.15, 0.2) is 12.1 Å². The number of carbonyl (C=O) groups excluding carboxylic acids is 1. The number of amides is 1. The van der Waals surface area contributed by atoms with Gasteiger partial charge in [0.2, 0.25) is 5.13 Å². The van der Waals surface area contributed by atoms with E-state index >= 15 is 0 Å². The number of nitrogens with one attached hydrogen (secondary N) is 1. The van der Waals surface area contributed by atoms with Crippen LogP contribution in [-0.2, 0) is 0 Å². The van der Waals surface area contributed by atoms with Gasteiger partial charge in [-0.05, 0) is 19.1 Å². The van der Waals surface area contributed by atoms with Crippen LogP contribution in [0.25, 0.3) is 0 Å². The number of thiophene rings is 1. The highest BCUT2D eigenvalue weighted by atomic mass is 35.5. The first-order valence-corrected chi connectivity index (χ1v) is 6.03. The minimum absolute atomic E-state index is 0.206. The second-order valence-electron chi connectivity index (χ2n) is 2.68. The lowest BCUT2D eigenvalue weighted by atomic mass is 10.4. The number of aromatic nitrogens is 2. The molecule has 0 unspecified atom stereocenters. The first-order chi connectivity index (χ1) is 7.15. The smallest absolute Gasteiger partial charge is 0.267 e. The summed E-state index contributed by atoms with van der Waals surface area (Å²) in [6.45, 7) is 1.83. The fourth-order valence-electron chi connectivity index (χ4n) is 0.942. The Kier molecular flexibility index (Phi) is 2.99. The molecule has 0 aliphatic carbocycles. The summed E-state index contributed by atoms with van der Waals surface area (Å²) in [5.41, 5.74) is 0. The molecule has 0 fully saturated rings.